The molecule has 104 valence electrons. The van der Waals surface area contributed by atoms with Gasteiger partial charge in [-0.05, 0) is 36.9 Å². The first-order valence-electron chi connectivity index (χ1n) is 6.37. The highest BCUT2D eigenvalue weighted by molar-refractivity contribution is 7.20. The van der Waals surface area contributed by atoms with Crippen LogP contribution in [0.3, 0.4) is 0 Å². The maximum Gasteiger partial charge on any atom is 0.158 e. The highest BCUT2D eigenvalue weighted by Gasteiger charge is 2.09. The molecule has 0 atom stereocenters. The molecule has 0 fully saturated rings. The van der Waals surface area contributed by atoms with E-state index in [0.717, 1.165) is 42.6 Å². The molecule has 0 unspecified atom stereocenters. The van der Waals surface area contributed by atoms with Gasteiger partial charge in [0, 0.05) is 20.1 Å². The van der Waals surface area contributed by atoms with E-state index in [1.165, 1.54) is 10.4 Å². The largest absolute Gasteiger partial charge is 0.383 e. The van der Waals surface area contributed by atoms with Crippen molar-refractivity contribution in [1.82, 2.24) is 15.5 Å². The Hall–Kier alpha value is -0.820. The van der Waals surface area contributed by atoms with Crippen LogP contribution in [0.4, 0.5) is 0 Å². The Kier molecular flexibility index (Phi) is 5.91. The number of aromatic nitrogens is 2. The van der Waals surface area contributed by atoms with Crippen molar-refractivity contribution in [2.45, 2.75) is 19.8 Å². The molecule has 2 rings (SSSR count). The zero-order chi connectivity index (χ0) is 13.5. The summed E-state index contributed by atoms with van der Waals surface area (Å²) >= 11 is 3.44. The van der Waals surface area contributed by atoms with Gasteiger partial charge in [0.15, 0.2) is 5.01 Å². The van der Waals surface area contributed by atoms with Gasteiger partial charge in [0.25, 0.3) is 0 Å². The second kappa shape index (κ2) is 7.69. The molecule has 0 aliphatic carbocycles. The van der Waals surface area contributed by atoms with Crippen molar-refractivity contribution in [3.05, 3.63) is 22.0 Å². The first-order valence-corrected chi connectivity index (χ1v) is 8.07. The molecule has 0 aliphatic rings. The molecule has 0 radical (unpaired) electrons. The van der Waals surface area contributed by atoms with Crippen molar-refractivity contribution in [3.8, 4) is 9.88 Å². The highest BCUT2D eigenvalue weighted by Crippen LogP contribution is 2.31. The summed E-state index contributed by atoms with van der Waals surface area (Å²) in [7, 11) is 1.72. The topological polar surface area (TPSA) is 47.0 Å². The number of ether oxygens (including phenoxy) is 1. The van der Waals surface area contributed by atoms with Crippen molar-refractivity contribution in [1.29, 1.82) is 0 Å². The fourth-order valence-electron chi connectivity index (χ4n) is 1.70. The van der Waals surface area contributed by atoms with Crippen LogP contribution in [-0.4, -0.2) is 37.0 Å². The van der Waals surface area contributed by atoms with Crippen molar-refractivity contribution in [2.24, 2.45) is 0 Å². The molecule has 4 nitrogen and oxygen atoms in total. The van der Waals surface area contributed by atoms with Gasteiger partial charge in [0.1, 0.15) is 5.01 Å². The lowest BCUT2D eigenvalue weighted by Gasteiger charge is -2.01. The summed E-state index contributed by atoms with van der Waals surface area (Å²) in [5.41, 5.74) is 1.29. The molecular formula is C13H19N3OS2. The van der Waals surface area contributed by atoms with Gasteiger partial charge < -0.3 is 10.1 Å². The van der Waals surface area contributed by atoms with Gasteiger partial charge in [-0.25, -0.2) is 0 Å². The quantitative estimate of drug-likeness (QED) is 0.761. The second-order valence-electron chi connectivity index (χ2n) is 4.28. The Morgan fingerprint density at radius 1 is 1.32 bits per heavy atom. The van der Waals surface area contributed by atoms with Crippen LogP contribution in [-0.2, 0) is 11.2 Å². The zero-order valence-corrected chi connectivity index (χ0v) is 12.9. The normalized spacial score (nSPS) is 11.1. The van der Waals surface area contributed by atoms with Gasteiger partial charge in [-0.1, -0.05) is 11.3 Å². The molecule has 2 heterocycles. The molecule has 0 spiro atoms. The van der Waals surface area contributed by atoms with E-state index in [4.69, 9.17) is 4.74 Å². The third-order valence-electron chi connectivity index (χ3n) is 2.75. The number of aryl methyl sites for hydroxylation is 2. The van der Waals surface area contributed by atoms with Crippen molar-refractivity contribution < 1.29 is 4.74 Å². The molecule has 0 bridgehead atoms. The maximum atomic E-state index is 4.98. The predicted molar refractivity (Wildman–Crippen MR) is 81.0 cm³/mol. The van der Waals surface area contributed by atoms with Crippen LogP contribution in [0.5, 0.6) is 0 Å². The number of nitrogens with one attached hydrogen (secondary N) is 1. The predicted octanol–water partition coefficient (Wildman–Crippen LogP) is 2.74. The zero-order valence-electron chi connectivity index (χ0n) is 11.3. The van der Waals surface area contributed by atoms with Gasteiger partial charge in [0.2, 0.25) is 0 Å². The van der Waals surface area contributed by atoms with E-state index >= 15 is 0 Å². The van der Waals surface area contributed by atoms with Crippen LogP contribution in [0.1, 0.15) is 17.0 Å². The number of methoxy groups -OCH3 is 1. The fourth-order valence-corrected chi connectivity index (χ4v) is 3.66. The fraction of sp³-hybridized carbons (Fsp3) is 0.538. The molecule has 6 heteroatoms. The van der Waals surface area contributed by atoms with E-state index in [1.54, 1.807) is 29.8 Å². The van der Waals surface area contributed by atoms with E-state index in [0.29, 0.717) is 0 Å². The Balaban J connectivity index is 1.77. The molecule has 1 N–H and O–H groups in total. The van der Waals surface area contributed by atoms with E-state index in [1.807, 2.05) is 0 Å². The molecule has 0 saturated heterocycles. The third-order valence-corrected chi connectivity index (χ3v) is 4.90. The smallest absolute Gasteiger partial charge is 0.158 e. The van der Waals surface area contributed by atoms with Gasteiger partial charge in [-0.15, -0.1) is 21.5 Å². The number of hydrogen-bond acceptors (Lipinski definition) is 6. The average molecular weight is 297 g/mol. The average Bonchev–Trinajstić information content (AvgIpc) is 3.02. The van der Waals surface area contributed by atoms with Crippen LogP contribution in [0.25, 0.3) is 9.88 Å². The Bertz CT molecular complexity index is 496. The van der Waals surface area contributed by atoms with Gasteiger partial charge in [-0.3, -0.25) is 0 Å². The summed E-state index contributed by atoms with van der Waals surface area (Å²) in [6.45, 7) is 4.79. The monoisotopic (exact) mass is 297 g/mol. The van der Waals surface area contributed by atoms with Crippen molar-refractivity contribution in [2.75, 3.05) is 26.8 Å². The maximum absolute atomic E-state index is 4.98. The summed E-state index contributed by atoms with van der Waals surface area (Å²) < 4.78 is 4.98. The van der Waals surface area contributed by atoms with Crippen molar-refractivity contribution >= 4 is 22.7 Å². The van der Waals surface area contributed by atoms with Gasteiger partial charge in [0.05, 0.1) is 11.5 Å². The summed E-state index contributed by atoms with van der Waals surface area (Å²) in [6, 6.07) is 2.13. The van der Waals surface area contributed by atoms with Crippen LogP contribution in [0, 0.1) is 6.92 Å². The standard InChI is InChI=1S/C13H19N3OS2/c1-10-5-9-18-12(10)13-16-15-11(19-13)4-3-6-14-7-8-17-2/h5,9,14H,3-4,6-8H2,1-2H3. The van der Waals surface area contributed by atoms with Crippen LogP contribution < -0.4 is 5.32 Å². The lowest BCUT2D eigenvalue weighted by atomic mass is 10.3. The Labute approximate surface area is 121 Å². The number of rotatable bonds is 8. The van der Waals surface area contributed by atoms with E-state index in [-0.39, 0.29) is 0 Å². The first kappa shape index (κ1) is 14.6. The molecule has 0 aliphatic heterocycles. The minimum atomic E-state index is 0.764. The van der Waals surface area contributed by atoms with E-state index < -0.39 is 0 Å². The van der Waals surface area contributed by atoms with Crippen LogP contribution in [0.2, 0.25) is 0 Å². The molecule has 0 aromatic carbocycles. The van der Waals surface area contributed by atoms with E-state index in [9.17, 15) is 0 Å². The minimum Gasteiger partial charge on any atom is -0.383 e. The summed E-state index contributed by atoms with van der Waals surface area (Å²) in [5, 5.41) is 16.2. The molecular weight excluding hydrogens is 278 g/mol. The molecule has 2 aromatic rings. The first-order chi connectivity index (χ1) is 9.31. The molecule has 2 aromatic heterocycles. The lowest BCUT2D eigenvalue weighted by molar-refractivity contribution is 0.199. The molecule has 19 heavy (non-hydrogen) atoms. The lowest BCUT2D eigenvalue weighted by Crippen LogP contribution is -2.20. The highest BCUT2D eigenvalue weighted by atomic mass is 32.1. The second-order valence-corrected chi connectivity index (χ2v) is 6.26. The van der Waals surface area contributed by atoms with Gasteiger partial charge >= 0.3 is 0 Å². The summed E-state index contributed by atoms with van der Waals surface area (Å²) in [4.78, 5) is 1.25. The third kappa shape index (κ3) is 4.35. The van der Waals surface area contributed by atoms with Crippen molar-refractivity contribution in [3.63, 3.8) is 0 Å². The SMILES string of the molecule is COCCNCCCc1nnc(-c2sccc2C)s1. The van der Waals surface area contributed by atoms with Gasteiger partial charge in [-0.2, -0.15) is 0 Å². The molecule has 0 saturated carbocycles. The van der Waals surface area contributed by atoms with E-state index in [2.05, 4.69) is 33.9 Å². The number of nitrogens with zero attached hydrogens (tertiary/aromatic N) is 2. The van der Waals surface area contributed by atoms with Crippen LogP contribution in [0.15, 0.2) is 11.4 Å². The number of thiophene rings is 1. The summed E-state index contributed by atoms with van der Waals surface area (Å²) in [5.74, 6) is 0. The number of hydrogen-bond donors (Lipinski definition) is 1. The minimum absolute atomic E-state index is 0.764. The Morgan fingerprint density at radius 3 is 2.95 bits per heavy atom. The molecule has 0 amide bonds. The Morgan fingerprint density at radius 2 is 2.21 bits per heavy atom. The van der Waals surface area contributed by atoms with Crippen LogP contribution >= 0.6 is 22.7 Å². The summed E-state index contributed by atoms with van der Waals surface area (Å²) in [6.07, 6.45) is 2.07.